The van der Waals surface area contributed by atoms with Gasteiger partial charge in [-0.3, -0.25) is 14.4 Å². The fraction of sp³-hybridized carbons (Fsp3) is 0.833. The van der Waals surface area contributed by atoms with Gasteiger partial charge in [0.1, 0.15) is 0 Å². The first-order valence-electron chi connectivity index (χ1n) is 12.0. The molecule has 186 valence electrons. The number of hydrogen-bond donors (Lipinski definition) is 2. The van der Waals surface area contributed by atoms with Gasteiger partial charge in [-0.2, -0.15) is 0 Å². The van der Waals surface area contributed by atoms with Crippen LogP contribution in [0.5, 0.6) is 0 Å². The lowest BCUT2D eigenvalue weighted by Gasteiger charge is -2.21. The first-order chi connectivity index (χ1) is 15.1. The molecule has 0 radical (unpaired) electrons. The zero-order chi connectivity index (χ0) is 24.4. The van der Waals surface area contributed by atoms with Crippen molar-refractivity contribution >= 4 is 23.9 Å². The minimum Gasteiger partial charge on any atom is -0.479 e. The van der Waals surface area contributed by atoms with E-state index in [1.165, 1.54) is 25.7 Å². The molecule has 0 spiro atoms. The van der Waals surface area contributed by atoms with E-state index < -0.39 is 42.3 Å². The summed E-state index contributed by atoms with van der Waals surface area (Å²) in [6.07, 6.45) is 9.02. The number of carbonyl (C=O) groups is 4. The Morgan fingerprint density at radius 3 is 1.91 bits per heavy atom. The number of carboxylic acid groups (broad SMARTS) is 1. The third-order valence-corrected chi connectivity index (χ3v) is 5.17. The minimum atomic E-state index is -2.67. The van der Waals surface area contributed by atoms with Crippen LogP contribution in [0, 0.1) is 5.92 Å². The topological polar surface area (TPSA) is 127 Å². The highest BCUT2D eigenvalue weighted by atomic mass is 16.6. The maximum Gasteiger partial charge on any atom is 0.336 e. The Labute approximate surface area is 192 Å². The first kappa shape index (κ1) is 30.0. The highest BCUT2D eigenvalue weighted by molar-refractivity contribution is 5.92. The third kappa shape index (κ3) is 15.8. The Morgan fingerprint density at radius 1 is 0.781 bits per heavy atom. The van der Waals surface area contributed by atoms with Crippen LogP contribution in [-0.2, 0) is 28.7 Å². The SMILES string of the molecule is CCCCCC(=O)OC(=O)CC(O)(CC(=O)OCCCCCCCCCC(C)C)C(=O)O. The molecule has 0 saturated heterocycles. The quantitative estimate of drug-likeness (QED) is 0.164. The molecule has 0 heterocycles. The van der Waals surface area contributed by atoms with Crippen molar-refractivity contribution in [2.75, 3.05) is 6.61 Å². The first-order valence-corrected chi connectivity index (χ1v) is 12.0. The molecule has 0 amide bonds. The molecular formula is C24H42O8. The lowest BCUT2D eigenvalue weighted by Crippen LogP contribution is -2.43. The van der Waals surface area contributed by atoms with Crippen LogP contribution in [-0.4, -0.2) is 46.3 Å². The van der Waals surface area contributed by atoms with Gasteiger partial charge in [-0.05, 0) is 18.8 Å². The summed E-state index contributed by atoms with van der Waals surface area (Å²) in [5, 5.41) is 19.5. The van der Waals surface area contributed by atoms with Crippen LogP contribution < -0.4 is 0 Å². The summed E-state index contributed by atoms with van der Waals surface area (Å²) in [5.41, 5.74) is -2.67. The summed E-state index contributed by atoms with van der Waals surface area (Å²) >= 11 is 0. The summed E-state index contributed by atoms with van der Waals surface area (Å²) in [7, 11) is 0. The molecule has 8 nitrogen and oxygen atoms in total. The van der Waals surface area contributed by atoms with Crippen molar-refractivity contribution in [2.45, 2.75) is 116 Å². The fourth-order valence-electron chi connectivity index (χ4n) is 3.20. The van der Waals surface area contributed by atoms with Crippen molar-refractivity contribution in [3.63, 3.8) is 0 Å². The van der Waals surface area contributed by atoms with E-state index in [-0.39, 0.29) is 13.0 Å². The lowest BCUT2D eigenvalue weighted by atomic mass is 9.96. The van der Waals surface area contributed by atoms with Crippen molar-refractivity contribution in [3.05, 3.63) is 0 Å². The predicted molar refractivity (Wildman–Crippen MR) is 120 cm³/mol. The molecule has 0 aromatic carbocycles. The molecule has 0 saturated carbocycles. The lowest BCUT2D eigenvalue weighted by molar-refractivity contribution is -0.175. The monoisotopic (exact) mass is 458 g/mol. The molecule has 0 bridgehead atoms. The van der Waals surface area contributed by atoms with E-state index in [4.69, 9.17) is 4.74 Å². The highest BCUT2D eigenvalue weighted by Gasteiger charge is 2.42. The average Bonchev–Trinajstić information content (AvgIpc) is 2.68. The standard InChI is InChI=1S/C24H42O8/c1-4-5-11-15-20(25)32-22(27)18-24(30,23(28)29)17-21(26)31-16-13-10-8-6-7-9-12-14-19(2)3/h19,30H,4-18H2,1-3H3,(H,28,29). The summed E-state index contributed by atoms with van der Waals surface area (Å²) in [6.45, 7) is 6.53. The maximum atomic E-state index is 11.9. The van der Waals surface area contributed by atoms with Gasteiger partial charge in [-0.1, -0.05) is 78.6 Å². The maximum absolute atomic E-state index is 11.9. The van der Waals surface area contributed by atoms with Crippen LogP contribution in [0.4, 0.5) is 0 Å². The normalized spacial score (nSPS) is 12.9. The number of carboxylic acids is 1. The molecule has 8 heteroatoms. The Bertz CT molecular complexity index is 572. The molecular weight excluding hydrogens is 416 g/mol. The van der Waals surface area contributed by atoms with Gasteiger partial charge in [-0.15, -0.1) is 0 Å². The van der Waals surface area contributed by atoms with Crippen LogP contribution in [0.2, 0.25) is 0 Å². The second-order valence-corrected chi connectivity index (χ2v) is 8.87. The van der Waals surface area contributed by atoms with Crippen LogP contribution >= 0.6 is 0 Å². The van der Waals surface area contributed by atoms with Crippen molar-refractivity contribution in [2.24, 2.45) is 5.92 Å². The van der Waals surface area contributed by atoms with Crippen LogP contribution in [0.1, 0.15) is 111 Å². The van der Waals surface area contributed by atoms with E-state index in [1.54, 1.807) is 0 Å². The second kappa shape index (κ2) is 17.6. The van der Waals surface area contributed by atoms with E-state index in [0.29, 0.717) is 12.8 Å². The molecule has 0 aromatic rings. The Morgan fingerprint density at radius 2 is 1.34 bits per heavy atom. The van der Waals surface area contributed by atoms with Crippen molar-refractivity contribution in [3.8, 4) is 0 Å². The Kier molecular flexibility index (Phi) is 16.5. The molecule has 0 aliphatic heterocycles. The number of ether oxygens (including phenoxy) is 2. The smallest absolute Gasteiger partial charge is 0.336 e. The van der Waals surface area contributed by atoms with Gasteiger partial charge in [0, 0.05) is 6.42 Å². The predicted octanol–water partition coefficient (Wildman–Crippen LogP) is 4.55. The largest absolute Gasteiger partial charge is 0.479 e. The fourth-order valence-corrected chi connectivity index (χ4v) is 3.20. The summed E-state index contributed by atoms with van der Waals surface area (Å²) in [6, 6.07) is 0. The minimum absolute atomic E-state index is 0.0328. The van der Waals surface area contributed by atoms with Crippen LogP contribution in [0.3, 0.4) is 0 Å². The number of unbranched alkanes of at least 4 members (excludes halogenated alkanes) is 8. The van der Waals surface area contributed by atoms with E-state index in [9.17, 15) is 29.4 Å². The zero-order valence-corrected chi connectivity index (χ0v) is 20.0. The number of rotatable bonds is 19. The Hall–Kier alpha value is -1.96. The number of aliphatic carboxylic acids is 1. The number of aliphatic hydroxyl groups is 1. The molecule has 0 aliphatic carbocycles. The molecule has 2 N–H and O–H groups in total. The van der Waals surface area contributed by atoms with Crippen molar-refractivity contribution in [1.82, 2.24) is 0 Å². The second-order valence-electron chi connectivity index (χ2n) is 8.87. The Balaban J connectivity index is 4.14. The van der Waals surface area contributed by atoms with E-state index in [0.717, 1.165) is 38.0 Å². The molecule has 1 unspecified atom stereocenters. The average molecular weight is 459 g/mol. The van der Waals surface area contributed by atoms with E-state index in [1.807, 2.05) is 6.92 Å². The highest BCUT2D eigenvalue weighted by Crippen LogP contribution is 2.19. The summed E-state index contributed by atoms with van der Waals surface area (Å²) < 4.78 is 9.55. The van der Waals surface area contributed by atoms with Gasteiger partial charge in [0.25, 0.3) is 0 Å². The van der Waals surface area contributed by atoms with E-state index in [2.05, 4.69) is 18.6 Å². The van der Waals surface area contributed by atoms with Gasteiger partial charge in [-0.25, -0.2) is 4.79 Å². The zero-order valence-electron chi connectivity index (χ0n) is 20.0. The molecule has 32 heavy (non-hydrogen) atoms. The van der Waals surface area contributed by atoms with Crippen molar-refractivity contribution in [1.29, 1.82) is 0 Å². The van der Waals surface area contributed by atoms with Gasteiger partial charge in [0.2, 0.25) is 0 Å². The van der Waals surface area contributed by atoms with Gasteiger partial charge in [0.05, 0.1) is 19.4 Å². The van der Waals surface area contributed by atoms with Crippen LogP contribution in [0.25, 0.3) is 0 Å². The summed E-state index contributed by atoms with van der Waals surface area (Å²) in [4.78, 5) is 46.7. The molecule has 1 atom stereocenters. The number of esters is 3. The number of hydrogen-bond acceptors (Lipinski definition) is 7. The van der Waals surface area contributed by atoms with E-state index >= 15 is 0 Å². The third-order valence-electron chi connectivity index (χ3n) is 5.17. The van der Waals surface area contributed by atoms with Gasteiger partial charge >= 0.3 is 23.9 Å². The van der Waals surface area contributed by atoms with Crippen molar-refractivity contribution < 1.29 is 38.9 Å². The number of carbonyl (C=O) groups excluding carboxylic acids is 3. The van der Waals surface area contributed by atoms with Gasteiger partial charge < -0.3 is 19.7 Å². The molecule has 0 rings (SSSR count). The summed E-state index contributed by atoms with van der Waals surface area (Å²) in [5.74, 6) is -3.88. The molecule has 0 aromatic heterocycles. The molecule has 0 fully saturated rings. The molecule has 0 aliphatic rings. The van der Waals surface area contributed by atoms with Gasteiger partial charge in [0.15, 0.2) is 5.60 Å². The van der Waals surface area contributed by atoms with Crippen LogP contribution in [0.15, 0.2) is 0 Å².